The highest BCUT2D eigenvalue weighted by Gasteiger charge is 2.53. The lowest BCUT2D eigenvalue weighted by Gasteiger charge is -2.50. The van der Waals surface area contributed by atoms with E-state index in [-0.39, 0.29) is 0 Å². The lowest BCUT2D eigenvalue weighted by Crippen LogP contribution is -2.69. The van der Waals surface area contributed by atoms with Crippen molar-refractivity contribution in [1.29, 1.82) is 0 Å². The molecule has 10 unspecified atom stereocenters. The van der Waals surface area contributed by atoms with Crippen molar-refractivity contribution in [2.45, 2.75) is 147 Å². The number of hydrogen-bond acceptors (Lipinski definition) is 11. The molecule has 224 valence electrons. The summed E-state index contributed by atoms with van der Waals surface area (Å²) in [6, 6.07) is -2.13. The molecule has 12 nitrogen and oxygen atoms in total. The Morgan fingerprint density at radius 1 is 0.842 bits per heavy atom. The molecule has 10 atom stereocenters. The molecule has 0 aromatic rings. The van der Waals surface area contributed by atoms with E-state index >= 15 is 0 Å². The van der Waals surface area contributed by atoms with Crippen molar-refractivity contribution >= 4 is 5.91 Å². The number of hydrogen-bond donors (Lipinski definition) is 6. The van der Waals surface area contributed by atoms with Crippen LogP contribution in [0.4, 0.5) is 0 Å². The summed E-state index contributed by atoms with van der Waals surface area (Å²) in [5.74, 6) is -0.455. The zero-order valence-electron chi connectivity index (χ0n) is 23.8. The van der Waals surface area contributed by atoms with E-state index < -0.39 is 91.6 Å². The van der Waals surface area contributed by atoms with E-state index in [1.165, 1.54) is 6.92 Å². The first-order chi connectivity index (χ1) is 17.8. The molecule has 0 radical (unpaired) electrons. The highest BCUT2D eigenvalue weighted by Crippen LogP contribution is 2.34. The van der Waals surface area contributed by atoms with Gasteiger partial charge in [0.05, 0.1) is 30.5 Å². The van der Waals surface area contributed by atoms with Crippen molar-refractivity contribution in [2.24, 2.45) is 5.73 Å². The van der Waals surface area contributed by atoms with Crippen molar-refractivity contribution in [1.82, 2.24) is 5.32 Å². The fourth-order valence-corrected chi connectivity index (χ4v) is 4.68. The minimum atomic E-state index is -1.34. The zero-order valence-corrected chi connectivity index (χ0v) is 23.8. The van der Waals surface area contributed by atoms with Crippen LogP contribution in [0.2, 0.25) is 0 Å². The number of nitrogens with two attached hydrogens (primary N) is 1. The fraction of sp³-hybridized carbons (Fsp3) is 0.962. The molecule has 2 heterocycles. The largest absolute Gasteiger partial charge is 0.394 e. The second kappa shape index (κ2) is 14.1. The van der Waals surface area contributed by atoms with Gasteiger partial charge in [-0.2, -0.15) is 0 Å². The lowest BCUT2D eigenvalue weighted by molar-refractivity contribution is -0.346. The number of carbonyl (C=O) groups excluding carboxylic acids is 1. The second-order valence-corrected chi connectivity index (χ2v) is 10.9. The number of ether oxygens (including phenoxy) is 5. The van der Waals surface area contributed by atoms with Crippen molar-refractivity contribution in [3.05, 3.63) is 0 Å². The van der Waals surface area contributed by atoms with E-state index in [0.717, 1.165) is 0 Å². The Bertz CT molecular complexity index is 733. The molecule has 2 saturated heterocycles. The van der Waals surface area contributed by atoms with E-state index in [0.29, 0.717) is 25.7 Å². The molecule has 38 heavy (non-hydrogen) atoms. The minimum absolute atomic E-state index is 0.455. The third-order valence-electron chi connectivity index (χ3n) is 8.23. The van der Waals surface area contributed by atoms with Gasteiger partial charge in [-0.25, -0.2) is 0 Å². The van der Waals surface area contributed by atoms with E-state index in [4.69, 9.17) is 29.4 Å². The van der Waals surface area contributed by atoms with E-state index in [2.05, 4.69) is 5.32 Å². The Morgan fingerprint density at radius 3 is 1.79 bits per heavy atom. The number of nitrogens with one attached hydrogen (secondary N) is 1. The monoisotopic (exact) mass is 550 g/mol. The Hall–Kier alpha value is -0.930. The SMILES string of the molecule is CCC(C)(CC)OC1OC(CO)C(OC2OC(CO)C(OC(C)(CC)CC)C(O)C2NC(C)=O)C(O)C1N. The van der Waals surface area contributed by atoms with Gasteiger partial charge in [-0.15, -0.1) is 0 Å². The van der Waals surface area contributed by atoms with Gasteiger partial charge in [0, 0.05) is 6.92 Å². The van der Waals surface area contributed by atoms with Crippen molar-refractivity contribution < 1.29 is 48.9 Å². The molecule has 2 rings (SSSR count). The molecule has 0 saturated carbocycles. The zero-order chi connectivity index (χ0) is 28.8. The van der Waals surface area contributed by atoms with Crippen LogP contribution < -0.4 is 11.1 Å². The van der Waals surface area contributed by atoms with Gasteiger partial charge in [-0.05, 0) is 39.5 Å². The second-order valence-electron chi connectivity index (χ2n) is 10.9. The van der Waals surface area contributed by atoms with Gasteiger partial charge in [-0.1, -0.05) is 27.7 Å². The van der Waals surface area contributed by atoms with Gasteiger partial charge >= 0.3 is 0 Å². The number of rotatable bonds is 13. The quantitative estimate of drug-likeness (QED) is 0.180. The van der Waals surface area contributed by atoms with Gasteiger partial charge in [-0.3, -0.25) is 4.79 Å². The highest BCUT2D eigenvalue weighted by molar-refractivity contribution is 5.73. The first-order valence-corrected chi connectivity index (χ1v) is 13.7. The predicted octanol–water partition coefficient (Wildman–Crippen LogP) is -0.0810. The molecular weight excluding hydrogens is 500 g/mol. The Labute approximate surface area is 226 Å². The smallest absolute Gasteiger partial charge is 0.217 e. The summed E-state index contributed by atoms with van der Waals surface area (Å²) in [6.07, 6.45) is -6.51. The summed E-state index contributed by atoms with van der Waals surface area (Å²) < 4.78 is 30.3. The van der Waals surface area contributed by atoms with Gasteiger partial charge in [0.25, 0.3) is 0 Å². The average molecular weight is 551 g/mol. The van der Waals surface area contributed by atoms with Gasteiger partial charge < -0.3 is 55.2 Å². The summed E-state index contributed by atoms with van der Waals surface area (Å²) in [4.78, 5) is 12.0. The number of aliphatic hydroxyl groups excluding tert-OH is 4. The molecule has 12 heteroatoms. The van der Waals surface area contributed by atoms with Gasteiger partial charge in [0.2, 0.25) is 5.91 Å². The predicted molar refractivity (Wildman–Crippen MR) is 138 cm³/mol. The van der Waals surface area contributed by atoms with Crippen molar-refractivity contribution in [2.75, 3.05) is 13.2 Å². The first-order valence-electron chi connectivity index (χ1n) is 13.7. The molecule has 2 aliphatic rings. The molecule has 0 aromatic heterocycles. The minimum Gasteiger partial charge on any atom is -0.394 e. The van der Waals surface area contributed by atoms with Crippen LogP contribution in [0.25, 0.3) is 0 Å². The maximum atomic E-state index is 12.0. The average Bonchev–Trinajstić information content (AvgIpc) is 2.91. The summed E-state index contributed by atoms with van der Waals surface area (Å²) in [7, 11) is 0. The molecule has 2 aliphatic heterocycles. The first kappa shape index (κ1) is 33.3. The van der Waals surface area contributed by atoms with E-state index in [9.17, 15) is 25.2 Å². The molecule has 0 bridgehead atoms. The van der Waals surface area contributed by atoms with Crippen molar-refractivity contribution in [3.63, 3.8) is 0 Å². The van der Waals surface area contributed by atoms with Crippen LogP contribution in [0.3, 0.4) is 0 Å². The van der Waals surface area contributed by atoms with Crippen LogP contribution in [0, 0.1) is 0 Å². The third kappa shape index (κ3) is 7.62. The maximum Gasteiger partial charge on any atom is 0.217 e. The Morgan fingerprint density at radius 2 is 1.32 bits per heavy atom. The molecule has 2 fully saturated rings. The summed E-state index contributed by atoms with van der Waals surface area (Å²) in [6.45, 7) is 11.9. The molecular formula is C26H50N2O10. The van der Waals surface area contributed by atoms with E-state index in [1.54, 1.807) is 0 Å². The molecule has 0 aromatic carbocycles. The molecule has 1 amide bonds. The number of amides is 1. The Balaban J connectivity index is 2.30. The molecule has 7 N–H and O–H groups in total. The lowest BCUT2D eigenvalue weighted by atomic mass is 9.92. The summed E-state index contributed by atoms with van der Waals surface area (Å²) in [5, 5.41) is 45.2. The highest BCUT2D eigenvalue weighted by atomic mass is 16.7. The van der Waals surface area contributed by atoms with Gasteiger partial charge in [0.15, 0.2) is 12.6 Å². The standard InChI is InChI=1S/C26H50N2O10/c1-8-25(6,9-2)37-22-16(13-30)35-24(18(20(22)33)28-14(5)31)36-21-15(12-29)34-23(17(27)19(21)32)38-26(7,10-3)11-4/h15-24,29-30,32-33H,8-13,27H2,1-7H3,(H,28,31). The van der Waals surface area contributed by atoms with Crippen LogP contribution in [-0.2, 0) is 28.5 Å². The van der Waals surface area contributed by atoms with Crippen LogP contribution in [-0.4, -0.2) is 112 Å². The molecule has 0 aliphatic carbocycles. The van der Waals surface area contributed by atoms with Crippen LogP contribution in [0.1, 0.15) is 74.1 Å². The van der Waals surface area contributed by atoms with Crippen LogP contribution in [0.15, 0.2) is 0 Å². The summed E-state index contributed by atoms with van der Waals surface area (Å²) in [5.41, 5.74) is 5.15. The van der Waals surface area contributed by atoms with Crippen LogP contribution in [0.5, 0.6) is 0 Å². The third-order valence-corrected chi connectivity index (χ3v) is 8.23. The van der Waals surface area contributed by atoms with Gasteiger partial charge in [0.1, 0.15) is 42.7 Å². The molecule has 0 spiro atoms. The fourth-order valence-electron chi connectivity index (χ4n) is 4.68. The number of carbonyl (C=O) groups is 1. The normalized spacial score (nSPS) is 36.7. The number of aliphatic hydroxyl groups is 4. The topological polar surface area (TPSA) is 182 Å². The summed E-state index contributed by atoms with van der Waals surface area (Å²) >= 11 is 0. The maximum absolute atomic E-state index is 12.0. The van der Waals surface area contributed by atoms with E-state index in [1.807, 2.05) is 41.5 Å². The van der Waals surface area contributed by atoms with Crippen molar-refractivity contribution in [3.8, 4) is 0 Å². The van der Waals surface area contributed by atoms with Crippen LogP contribution >= 0.6 is 0 Å². The Kier molecular flexibility index (Phi) is 12.4.